The van der Waals surface area contributed by atoms with Crippen LogP contribution in [0.15, 0.2) is 58.1 Å². The van der Waals surface area contributed by atoms with Crippen LogP contribution in [-0.4, -0.2) is 68.3 Å². The van der Waals surface area contributed by atoms with Gasteiger partial charge in [0.05, 0.1) is 26.0 Å². The summed E-state index contributed by atoms with van der Waals surface area (Å²) >= 11 is 0. The number of para-hydroxylation sites is 1. The lowest BCUT2D eigenvalue weighted by Gasteiger charge is -2.25. The van der Waals surface area contributed by atoms with E-state index < -0.39 is 0 Å². The topological polar surface area (TPSA) is 77.8 Å². The first-order chi connectivity index (χ1) is 14.9. The molecule has 3 heterocycles. The Labute approximate surface area is 200 Å². The highest BCUT2D eigenvalue weighted by atomic mass is 127. The lowest BCUT2D eigenvalue weighted by molar-refractivity contribution is 0.0394. The van der Waals surface area contributed by atoms with Crippen molar-refractivity contribution in [2.75, 3.05) is 52.5 Å². The number of fused-ring (bicyclic) bond motifs is 1. The van der Waals surface area contributed by atoms with Gasteiger partial charge in [-0.05, 0) is 29.7 Å². The lowest BCUT2D eigenvalue weighted by atomic mass is 10.2. The molecule has 2 aromatic heterocycles. The van der Waals surface area contributed by atoms with Gasteiger partial charge in [-0.3, -0.25) is 9.89 Å². The number of aromatic nitrogens is 1. The molecular formula is C23H32IN5O2. The molecule has 1 fully saturated rings. The Hall–Kier alpha value is -2.04. The first-order valence-electron chi connectivity index (χ1n) is 10.8. The maximum Gasteiger partial charge on any atom is 0.191 e. The molecule has 0 spiro atoms. The second-order valence-corrected chi connectivity index (χ2v) is 7.50. The summed E-state index contributed by atoms with van der Waals surface area (Å²) in [6.45, 7) is 6.94. The first-order valence-corrected chi connectivity index (χ1v) is 10.8. The second-order valence-electron chi connectivity index (χ2n) is 7.50. The van der Waals surface area contributed by atoms with Gasteiger partial charge in [0, 0.05) is 56.8 Å². The van der Waals surface area contributed by atoms with Crippen LogP contribution in [-0.2, 0) is 17.6 Å². The molecule has 1 saturated heterocycles. The molecule has 4 rings (SSSR count). The van der Waals surface area contributed by atoms with Crippen molar-refractivity contribution in [2.24, 2.45) is 4.99 Å². The maximum atomic E-state index is 5.42. The van der Waals surface area contributed by atoms with Crippen LogP contribution in [0, 0.1) is 0 Å². The third kappa shape index (κ3) is 7.55. The van der Waals surface area contributed by atoms with E-state index >= 15 is 0 Å². The number of guanidine groups is 1. The van der Waals surface area contributed by atoms with Crippen LogP contribution < -0.4 is 10.6 Å². The van der Waals surface area contributed by atoms with Gasteiger partial charge in [-0.15, -0.1) is 24.0 Å². The summed E-state index contributed by atoms with van der Waals surface area (Å²) in [5.41, 5.74) is 2.41. The summed E-state index contributed by atoms with van der Waals surface area (Å²) in [4.78, 5) is 10.7. The molecule has 8 heteroatoms. The fourth-order valence-electron chi connectivity index (χ4n) is 3.64. The number of hydrogen-bond acceptors (Lipinski definition) is 4. The number of ether oxygens (including phenoxy) is 1. The van der Waals surface area contributed by atoms with Crippen LogP contribution in [0.5, 0.6) is 0 Å². The second kappa shape index (κ2) is 12.7. The molecule has 3 N–H and O–H groups in total. The molecule has 1 aromatic carbocycles. The van der Waals surface area contributed by atoms with Crippen LogP contribution in [0.2, 0.25) is 0 Å². The number of nitrogens with one attached hydrogen (secondary N) is 3. The standard InChI is InChI=1S/C23H31N5O2.HI/c1-2-6-22-19(4-1)18-20(27-22)7-9-24-23(25-10-8-21-5-3-15-30-21)26-11-12-28-13-16-29-17-14-28;/h1-6,15,18,27H,7-14,16-17H2,(H2,24,25,26);1H. The molecule has 1 aliphatic heterocycles. The fraction of sp³-hybridized carbons (Fsp3) is 0.435. The van der Waals surface area contributed by atoms with E-state index in [1.165, 1.54) is 16.6 Å². The molecule has 0 saturated carbocycles. The molecule has 3 aromatic rings. The monoisotopic (exact) mass is 537 g/mol. The number of H-pyrrole nitrogens is 1. The van der Waals surface area contributed by atoms with Crippen LogP contribution in [0.3, 0.4) is 0 Å². The number of nitrogens with zero attached hydrogens (tertiary/aromatic N) is 2. The molecule has 0 bridgehead atoms. The van der Waals surface area contributed by atoms with E-state index in [0.29, 0.717) is 0 Å². The minimum absolute atomic E-state index is 0. The zero-order chi connectivity index (χ0) is 20.4. The van der Waals surface area contributed by atoms with Gasteiger partial charge in [-0.2, -0.15) is 0 Å². The Kier molecular flexibility index (Phi) is 9.70. The highest BCUT2D eigenvalue weighted by Crippen LogP contribution is 2.14. The van der Waals surface area contributed by atoms with Gasteiger partial charge in [0.2, 0.25) is 0 Å². The Morgan fingerprint density at radius 1 is 1.03 bits per heavy atom. The van der Waals surface area contributed by atoms with Crippen molar-refractivity contribution < 1.29 is 9.15 Å². The van der Waals surface area contributed by atoms with E-state index in [0.717, 1.165) is 77.0 Å². The quantitative estimate of drug-likeness (QED) is 0.222. The normalized spacial score (nSPS) is 15.0. The summed E-state index contributed by atoms with van der Waals surface area (Å²) < 4.78 is 10.8. The summed E-state index contributed by atoms with van der Waals surface area (Å²) in [6.07, 6.45) is 3.46. The Morgan fingerprint density at radius 3 is 2.61 bits per heavy atom. The van der Waals surface area contributed by atoms with Gasteiger partial charge in [0.1, 0.15) is 5.76 Å². The van der Waals surface area contributed by atoms with Crippen LogP contribution >= 0.6 is 24.0 Å². The van der Waals surface area contributed by atoms with Crippen molar-refractivity contribution in [3.63, 3.8) is 0 Å². The zero-order valence-corrected chi connectivity index (χ0v) is 20.1. The molecule has 1 aliphatic rings. The van der Waals surface area contributed by atoms with Gasteiger partial charge in [0.15, 0.2) is 5.96 Å². The molecule has 0 unspecified atom stereocenters. The van der Waals surface area contributed by atoms with E-state index in [-0.39, 0.29) is 24.0 Å². The third-order valence-electron chi connectivity index (χ3n) is 5.31. The third-order valence-corrected chi connectivity index (χ3v) is 5.31. The molecule has 0 amide bonds. The minimum atomic E-state index is 0. The molecule has 0 radical (unpaired) electrons. The number of halogens is 1. The van der Waals surface area contributed by atoms with E-state index in [1.54, 1.807) is 6.26 Å². The average Bonchev–Trinajstić information content (AvgIpc) is 3.43. The van der Waals surface area contributed by atoms with E-state index in [9.17, 15) is 0 Å². The van der Waals surface area contributed by atoms with Gasteiger partial charge >= 0.3 is 0 Å². The predicted molar refractivity (Wildman–Crippen MR) is 135 cm³/mol. The summed E-state index contributed by atoms with van der Waals surface area (Å²) in [5, 5.41) is 8.16. The maximum absolute atomic E-state index is 5.42. The Morgan fingerprint density at radius 2 is 1.84 bits per heavy atom. The molecule has 168 valence electrons. The number of furan rings is 1. The van der Waals surface area contributed by atoms with E-state index in [1.807, 2.05) is 12.1 Å². The molecule has 0 aliphatic carbocycles. The molecule has 31 heavy (non-hydrogen) atoms. The van der Waals surface area contributed by atoms with Crippen LogP contribution in [0.4, 0.5) is 0 Å². The van der Waals surface area contributed by atoms with Gasteiger partial charge < -0.3 is 24.8 Å². The van der Waals surface area contributed by atoms with Crippen molar-refractivity contribution >= 4 is 40.8 Å². The van der Waals surface area contributed by atoms with Gasteiger partial charge in [-0.1, -0.05) is 18.2 Å². The van der Waals surface area contributed by atoms with Crippen LogP contribution in [0.25, 0.3) is 10.9 Å². The van der Waals surface area contributed by atoms with Gasteiger partial charge in [0.25, 0.3) is 0 Å². The van der Waals surface area contributed by atoms with Crippen molar-refractivity contribution in [2.45, 2.75) is 12.8 Å². The fourth-order valence-corrected chi connectivity index (χ4v) is 3.64. The smallest absolute Gasteiger partial charge is 0.191 e. The Balaban J connectivity index is 0.00000272. The molecular weight excluding hydrogens is 505 g/mol. The first kappa shape index (κ1) is 23.6. The lowest BCUT2D eigenvalue weighted by Crippen LogP contribution is -2.41. The van der Waals surface area contributed by atoms with E-state index in [4.69, 9.17) is 14.1 Å². The average molecular weight is 537 g/mol. The number of rotatable bonds is 9. The largest absolute Gasteiger partial charge is 0.469 e. The molecule has 0 atom stereocenters. The Bertz CT molecular complexity index is 886. The number of morpholine rings is 1. The van der Waals surface area contributed by atoms with Crippen molar-refractivity contribution in [1.82, 2.24) is 20.5 Å². The highest BCUT2D eigenvalue weighted by molar-refractivity contribution is 14.0. The number of aromatic amines is 1. The minimum Gasteiger partial charge on any atom is -0.469 e. The summed E-state index contributed by atoms with van der Waals surface area (Å²) in [5.74, 6) is 1.83. The van der Waals surface area contributed by atoms with Crippen molar-refractivity contribution in [3.05, 3.63) is 60.2 Å². The van der Waals surface area contributed by atoms with Gasteiger partial charge in [-0.25, -0.2) is 0 Å². The predicted octanol–water partition coefficient (Wildman–Crippen LogP) is 3.03. The highest BCUT2D eigenvalue weighted by Gasteiger charge is 2.09. The number of hydrogen-bond donors (Lipinski definition) is 3. The SMILES string of the molecule is I.c1coc(CCNC(=NCCN2CCOCC2)NCCc2cc3ccccc3[nH]2)c1. The molecule has 7 nitrogen and oxygen atoms in total. The van der Waals surface area contributed by atoms with Crippen molar-refractivity contribution in [3.8, 4) is 0 Å². The van der Waals surface area contributed by atoms with E-state index in [2.05, 4.69) is 50.8 Å². The van der Waals surface area contributed by atoms with Crippen LogP contribution in [0.1, 0.15) is 11.5 Å². The summed E-state index contributed by atoms with van der Waals surface area (Å²) in [7, 11) is 0. The van der Waals surface area contributed by atoms with Crippen molar-refractivity contribution in [1.29, 1.82) is 0 Å². The number of aliphatic imine (C=N–C) groups is 1. The number of benzene rings is 1. The summed E-state index contributed by atoms with van der Waals surface area (Å²) in [6, 6.07) is 14.5. The zero-order valence-electron chi connectivity index (χ0n) is 17.8.